The molecule has 150 valence electrons. The topological polar surface area (TPSA) is 79.5 Å². The maximum absolute atomic E-state index is 12.9. The van der Waals surface area contributed by atoms with Crippen LogP contribution in [0.25, 0.3) is 0 Å². The Kier molecular flexibility index (Phi) is 8.42. The first-order chi connectivity index (χ1) is 13.5. The highest BCUT2D eigenvalue weighted by atomic mass is 19.1. The summed E-state index contributed by atoms with van der Waals surface area (Å²) < 4.78 is 18.0. The van der Waals surface area contributed by atoms with Crippen LogP contribution in [-0.2, 0) is 22.7 Å². The van der Waals surface area contributed by atoms with Gasteiger partial charge in [-0.2, -0.15) is 0 Å². The number of hydrogen-bond acceptors (Lipinski definition) is 3. The highest BCUT2D eigenvalue weighted by molar-refractivity contribution is 5.97. The van der Waals surface area contributed by atoms with Crippen LogP contribution in [0.15, 0.2) is 48.5 Å². The van der Waals surface area contributed by atoms with Crippen molar-refractivity contribution in [3.8, 4) is 0 Å². The number of halogens is 1. The van der Waals surface area contributed by atoms with Gasteiger partial charge in [-0.15, -0.1) is 0 Å². The van der Waals surface area contributed by atoms with Gasteiger partial charge in [0, 0.05) is 19.3 Å². The number of carbonyl (C=O) groups is 2. The average molecular weight is 387 g/mol. The molecule has 0 aliphatic heterocycles. The number of carbonyl (C=O) groups excluding carboxylic acids is 2. The molecule has 0 heterocycles. The van der Waals surface area contributed by atoms with E-state index in [4.69, 9.17) is 4.74 Å². The van der Waals surface area contributed by atoms with Gasteiger partial charge in [-0.3, -0.25) is 4.79 Å². The third-order valence-corrected chi connectivity index (χ3v) is 4.07. The van der Waals surface area contributed by atoms with Crippen molar-refractivity contribution in [2.75, 3.05) is 12.4 Å². The van der Waals surface area contributed by atoms with Gasteiger partial charge in [-0.1, -0.05) is 37.6 Å². The molecule has 1 unspecified atom stereocenters. The predicted molar refractivity (Wildman–Crippen MR) is 106 cm³/mol. The van der Waals surface area contributed by atoms with E-state index < -0.39 is 12.1 Å². The molecule has 7 heteroatoms. The van der Waals surface area contributed by atoms with Crippen molar-refractivity contribution in [3.05, 3.63) is 65.5 Å². The molecule has 6 nitrogen and oxygen atoms in total. The Morgan fingerprint density at radius 3 is 2.54 bits per heavy atom. The van der Waals surface area contributed by atoms with E-state index in [1.165, 1.54) is 12.1 Å². The number of methoxy groups -OCH3 is 1. The zero-order chi connectivity index (χ0) is 20.4. The molecule has 0 bridgehead atoms. The summed E-state index contributed by atoms with van der Waals surface area (Å²) in [5, 5.41) is 8.21. The number of anilines is 1. The Hall–Kier alpha value is -2.93. The van der Waals surface area contributed by atoms with E-state index in [2.05, 4.69) is 16.0 Å². The third kappa shape index (κ3) is 7.00. The highest BCUT2D eigenvalue weighted by Crippen LogP contribution is 2.12. The normalized spacial score (nSPS) is 11.5. The fourth-order valence-corrected chi connectivity index (χ4v) is 2.69. The summed E-state index contributed by atoms with van der Waals surface area (Å²) in [5.41, 5.74) is 2.36. The van der Waals surface area contributed by atoms with Gasteiger partial charge < -0.3 is 20.7 Å². The third-order valence-electron chi connectivity index (χ3n) is 4.07. The van der Waals surface area contributed by atoms with Gasteiger partial charge in [0.2, 0.25) is 5.91 Å². The molecule has 0 aliphatic carbocycles. The molecule has 0 radical (unpaired) electrons. The molecule has 1 atom stereocenters. The summed E-state index contributed by atoms with van der Waals surface area (Å²) >= 11 is 0. The second-order valence-electron chi connectivity index (χ2n) is 6.42. The molecule has 2 aromatic carbocycles. The number of benzene rings is 2. The standard InChI is InChI=1S/C21H26FN3O3/c1-3-5-19(20(26)24-18-7-4-6-16(12-18)14-28-2)25-21(27)23-13-15-8-10-17(22)11-9-15/h4,6-12,19H,3,5,13-14H2,1-2H3,(H,24,26)(H2,23,25,27). The molecule has 3 N–H and O–H groups in total. The van der Waals surface area contributed by atoms with E-state index in [9.17, 15) is 14.0 Å². The maximum Gasteiger partial charge on any atom is 0.315 e. The quantitative estimate of drug-likeness (QED) is 0.615. The lowest BCUT2D eigenvalue weighted by molar-refractivity contribution is -0.118. The van der Waals surface area contributed by atoms with Crippen molar-refractivity contribution in [1.29, 1.82) is 0 Å². The lowest BCUT2D eigenvalue weighted by atomic mass is 10.1. The van der Waals surface area contributed by atoms with Gasteiger partial charge in [-0.05, 0) is 41.8 Å². The Bertz CT molecular complexity index is 781. The number of hydrogen-bond donors (Lipinski definition) is 3. The van der Waals surface area contributed by atoms with Gasteiger partial charge in [0.05, 0.1) is 6.61 Å². The van der Waals surface area contributed by atoms with Crippen LogP contribution in [-0.4, -0.2) is 25.1 Å². The Morgan fingerprint density at radius 2 is 1.86 bits per heavy atom. The van der Waals surface area contributed by atoms with E-state index in [0.717, 1.165) is 17.5 Å². The van der Waals surface area contributed by atoms with E-state index >= 15 is 0 Å². The molecule has 0 saturated heterocycles. The van der Waals surface area contributed by atoms with Crippen LogP contribution < -0.4 is 16.0 Å². The molecule has 28 heavy (non-hydrogen) atoms. The van der Waals surface area contributed by atoms with Crippen LogP contribution in [0, 0.1) is 5.82 Å². The zero-order valence-corrected chi connectivity index (χ0v) is 16.1. The molecule has 2 aromatic rings. The van der Waals surface area contributed by atoms with Gasteiger partial charge in [0.15, 0.2) is 0 Å². The monoisotopic (exact) mass is 387 g/mol. The van der Waals surface area contributed by atoms with Crippen LogP contribution >= 0.6 is 0 Å². The Morgan fingerprint density at radius 1 is 1.11 bits per heavy atom. The van der Waals surface area contributed by atoms with Gasteiger partial charge in [0.1, 0.15) is 11.9 Å². The van der Waals surface area contributed by atoms with Gasteiger partial charge >= 0.3 is 6.03 Å². The first kappa shape index (κ1) is 21.4. The largest absolute Gasteiger partial charge is 0.380 e. The lowest BCUT2D eigenvalue weighted by Crippen LogP contribution is -2.47. The Labute approximate surface area is 164 Å². The van der Waals surface area contributed by atoms with Crippen molar-refractivity contribution in [2.45, 2.75) is 39.0 Å². The number of nitrogens with one attached hydrogen (secondary N) is 3. The summed E-state index contributed by atoms with van der Waals surface area (Å²) in [6.07, 6.45) is 1.24. The van der Waals surface area contributed by atoms with Crippen LogP contribution in [0.5, 0.6) is 0 Å². The molecule has 3 amide bonds. The molecular formula is C21H26FN3O3. The molecular weight excluding hydrogens is 361 g/mol. The molecule has 2 rings (SSSR count). The Balaban J connectivity index is 1.91. The number of amides is 3. The summed E-state index contributed by atoms with van der Waals surface area (Å²) in [6, 6.07) is 12.1. The van der Waals surface area contributed by atoms with Crippen molar-refractivity contribution in [1.82, 2.24) is 10.6 Å². The predicted octanol–water partition coefficient (Wildman–Crippen LogP) is 3.58. The summed E-state index contributed by atoms with van der Waals surface area (Å²) in [6.45, 7) is 2.63. The van der Waals surface area contributed by atoms with Crippen LogP contribution in [0.1, 0.15) is 30.9 Å². The second kappa shape index (κ2) is 11.0. The van der Waals surface area contributed by atoms with Crippen LogP contribution in [0.4, 0.5) is 14.9 Å². The zero-order valence-electron chi connectivity index (χ0n) is 16.1. The van der Waals surface area contributed by atoms with Crippen molar-refractivity contribution >= 4 is 17.6 Å². The van der Waals surface area contributed by atoms with Crippen LogP contribution in [0.3, 0.4) is 0 Å². The maximum atomic E-state index is 12.9. The lowest BCUT2D eigenvalue weighted by Gasteiger charge is -2.18. The number of rotatable bonds is 9. The van der Waals surface area contributed by atoms with Gasteiger partial charge in [0.25, 0.3) is 0 Å². The van der Waals surface area contributed by atoms with E-state index in [0.29, 0.717) is 18.7 Å². The first-order valence-corrected chi connectivity index (χ1v) is 9.19. The SMILES string of the molecule is CCCC(NC(=O)NCc1ccc(F)cc1)C(=O)Nc1cccc(COC)c1. The van der Waals surface area contributed by atoms with Crippen molar-refractivity contribution < 1.29 is 18.7 Å². The molecule has 0 aliphatic rings. The van der Waals surface area contributed by atoms with Crippen molar-refractivity contribution in [2.24, 2.45) is 0 Å². The van der Waals surface area contributed by atoms with E-state index in [-0.39, 0.29) is 18.3 Å². The van der Waals surface area contributed by atoms with E-state index in [1.54, 1.807) is 25.3 Å². The second-order valence-corrected chi connectivity index (χ2v) is 6.42. The van der Waals surface area contributed by atoms with E-state index in [1.807, 2.05) is 25.1 Å². The molecule has 0 fully saturated rings. The fourth-order valence-electron chi connectivity index (χ4n) is 2.69. The van der Waals surface area contributed by atoms with Crippen molar-refractivity contribution in [3.63, 3.8) is 0 Å². The molecule has 0 aromatic heterocycles. The first-order valence-electron chi connectivity index (χ1n) is 9.19. The average Bonchev–Trinajstić information content (AvgIpc) is 2.68. The fraction of sp³-hybridized carbons (Fsp3) is 0.333. The summed E-state index contributed by atoms with van der Waals surface area (Å²) in [7, 11) is 1.61. The van der Waals surface area contributed by atoms with Crippen LogP contribution in [0.2, 0.25) is 0 Å². The minimum Gasteiger partial charge on any atom is -0.380 e. The minimum absolute atomic E-state index is 0.242. The van der Waals surface area contributed by atoms with Gasteiger partial charge in [-0.25, -0.2) is 9.18 Å². The smallest absolute Gasteiger partial charge is 0.315 e. The minimum atomic E-state index is -0.663. The molecule has 0 spiro atoms. The molecule has 0 saturated carbocycles. The number of urea groups is 1. The summed E-state index contributed by atoms with van der Waals surface area (Å²) in [4.78, 5) is 24.8. The summed E-state index contributed by atoms with van der Waals surface area (Å²) in [5.74, 6) is -0.615. The number of ether oxygens (including phenoxy) is 1. The highest BCUT2D eigenvalue weighted by Gasteiger charge is 2.20.